The van der Waals surface area contributed by atoms with Crippen LogP contribution in [0, 0.1) is 0 Å². The molecule has 2 heterocycles. The van der Waals surface area contributed by atoms with Crippen LogP contribution in [0.25, 0.3) is 0 Å². The standard InChI is InChI=1S/C34H25BrN4O2/c35-24-25-21-22-30-31(23-25)41-34(40-30,29-19-11-4-12-20-29)32-36-37-38-39(32)33(26-13-5-1-6-14-26,27-15-7-2-8-16-27)28-17-9-3-10-18-28/h1-23H,24H2. The number of hydrogen-bond donors (Lipinski definition) is 0. The van der Waals surface area contributed by atoms with Crippen LogP contribution in [0.4, 0.5) is 0 Å². The summed E-state index contributed by atoms with van der Waals surface area (Å²) in [6.45, 7) is 0. The van der Waals surface area contributed by atoms with E-state index < -0.39 is 11.3 Å². The molecule has 0 N–H and O–H groups in total. The number of hydrogen-bond acceptors (Lipinski definition) is 5. The highest BCUT2D eigenvalue weighted by molar-refractivity contribution is 9.08. The van der Waals surface area contributed by atoms with E-state index in [9.17, 15) is 0 Å². The third-order valence-corrected chi connectivity index (χ3v) is 8.13. The summed E-state index contributed by atoms with van der Waals surface area (Å²) in [6.07, 6.45) is 0. The SMILES string of the molecule is BrCc1ccc2c(c1)OC(c1ccccc1)(c1nnnn1C(c1ccccc1)(c1ccccc1)c1ccccc1)O2. The van der Waals surface area contributed by atoms with E-state index in [-0.39, 0.29) is 0 Å². The van der Waals surface area contributed by atoms with E-state index >= 15 is 0 Å². The van der Waals surface area contributed by atoms with Crippen molar-refractivity contribution in [3.8, 4) is 11.5 Å². The molecule has 0 bridgehead atoms. The van der Waals surface area contributed by atoms with Crippen molar-refractivity contribution in [1.29, 1.82) is 0 Å². The average molecular weight is 602 g/mol. The highest BCUT2D eigenvalue weighted by Crippen LogP contribution is 2.50. The minimum atomic E-state index is -1.44. The Balaban J connectivity index is 1.55. The highest BCUT2D eigenvalue weighted by Gasteiger charge is 2.54. The van der Waals surface area contributed by atoms with Crippen LogP contribution in [-0.2, 0) is 16.7 Å². The molecule has 7 heteroatoms. The number of alkyl halides is 1. The zero-order chi connectivity index (χ0) is 27.7. The zero-order valence-electron chi connectivity index (χ0n) is 22.0. The lowest BCUT2D eigenvalue weighted by atomic mass is 9.76. The normalized spacial score (nSPS) is 16.0. The fourth-order valence-corrected chi connectivity index (χ4v) is 6.00. The Morgan fingerprint density at radius 2 is 1.15 bits per heavy atom. The Bertz CT molecular complexity index is 1680. The first-order valence-electron chi connectivity index (χ1n) is 13.3. The second-order valence-electron chi connectivity index (χ2n) is 9.82. The van der Waals surface area contributed by atoms with E-state index in [0.717, 1.165) is 27.8 Å². The van der Waals surface area contributed by atoms with Crippen LogP contribution < -0.4 is 9.47 Å². The van der Waals surface area contributed by atoms with E-state index in [4.69, 9.17) is 14.7 Å². The Morgan fingerprint density at radius 1 is 0.634 bits per heavy atom. The molecule has 0 amide bonds. The second-order valence-corrected chi connectivity index (χ2v) is 10.4. The van der Waals surface area contributed by atoms with Gasteiger partial charge in [-0.15, -0.1) is 5.10 Å². The maximum Gasteiger partial charge on any atom is 0.342 e. The van der Waals surface area contributed by atoms with Gasteiger partial charge in [0, 0.05) is 10.9 Å². The molecule has 0 spiro atoms. The van der Waals surface area contributed by atoms with Crippen LogP contribution >= 0.6 is 15.9 Å². The van der Waals surface area contributed by atoms with Gasteiger partial charge in [0.15, 0.2) is 11.5 Å². The van der Waals surface area contributed by atoms with Gasteiger partial charge in [-0.25, -0.2) is 4.68 Å². The highest BCUT2D eigenvalue weighted by atomic mass is 79.9. The largest absolute Gasteiger partial charge is 0.438 e. The monoisotopic (exact) mass is 600 g/mol. The smallest absolute Gasteiger partial charge is 0.342 e. The molecule has 7 rings (SSSR count). The maximum atomic E-state index is 6.80. The lowest BCUT2D eigenvalue weighted by Gasteiger charge is -2.38. The van der Waals surface area contributed by atoms with Crippen LogP contribution in [-0.4, -0.2) is 20.2 Å². The van der Waals surface area contributed by atoms with Crippen molar-refractivity contribution in [2.45, 2.75) is 16.7 Å². The first-order valence-corrected chi connectivity index (χ1v) is 14.5. The predicted octanol–water partition coefficient (Wildman–Crippen LogP) is 7.08. The molecule has 6 nitrogen and oxygen atoms in total. The van der Waals surface area contributed by atoms with Gasteiger partial charge >= 0.3 is 5.79 Å². The minimum absolute atomic E-state index is 0.414. The van der Waals surface area contributed by atoms with Crippen LogP contribution in [0.5, 0.6) is 11.5 Å². The molecular weight excluding hydrogens is 576 g/mol. The fraction of sp³-hybridized carbons (Fsp3) is 0.0882. The number of ether oxygens (including phenoxy) is 2. The molecule has 41 heavy (non-hydrogen) atoms. The number of benzene rings is 5. The molecule has 1 unspecified atom stereocenters. The van der Waals surface area contributed by atoms with Crippen LogP contribution in [0.3, 0.4) is 0 Å². The maximum absolute atomic E-state index is 6.80. The van der Waals surface area contributed by atoms with Gasteiger partial charge in [0.2, 0.25) is 5.82 Å². The Hall–Kier alpha value is -4.75. The number of halogens is 1. The molecule has 1 atom stereocenters. The van der Waals surface area contributed by atoms with Crippen LogP contribution in [0.15, 0.2) is 140 Å². The summed E-state index contributed by atoms with van der Waals surface area (Å²) in [7, 11) is 0. The van der Waals surface area contributed by atoms with Crippen LogP contribution in [0.2, 0.25) is 0 Å². The molecule has 5 aromatic carbocycles. The first kappa shape index (κ1) is 25.2. The summed E-state index contributed by atoms with van der Waals surface area (Å²) >= 11 is 3.56. The zero-order valence-corrected chi connectivity index (χ0v) is 23.6. The molecule has 0 radical (unpaired) electrons. The molecule has 0 aliphatic carbocycles. The summed E-state index contributed by atoms with van der Waals surface area (Å²) < 4.78 is 15.4. The molecule has 1 aliphatic rings. The number of fused-ring (bicyclic) bond motifs is 1. The lowest BCUT2D eigenvalue weighted by Crippen LogP contribution is -2.47. The second kappa shape index (κ2) is 10.3. The molecule has 0 fully saturated rings. The van der Waals surface area contributed by atoms with Crippen molar-refractivity contribution in [1.82, 2.24) is 20.2 Å². The summed E-state index contributed by atoms with van der Waals surface area (Å²) in [4.78, 5) is 0. The third kappa shape index (κ3) is 4.04. The van der Waals surface area contributed by atoms with Gasteiger partial charge in [-0.2, -0.15) is 0 Å². The average Bonchev–Trinajstić information content (AvgIpc) is 3.70. The molecule has 0 saturated heterocycles. The Kier molecular flexibility index (Phi) is 6.36. The summed E-state index contributed by atoms with van der Waals surface area (Å²) in [5, 5.41) is 14.3. The summed E-state index contributed by atoms with van der Waals surface area (Å²) in [5.41, 5.74) is 3.87. The topological polar surface area (TPSA) is 62.1 Å². The van der Waals surface area contributed by atoms with E-state index in [1.54, 1.807) is 0 Å². The third-order valence-electron chi connectivity index (χ3n) is 7.48. The quantitative estimate of drug-likeness (QED) is 0.145. The van der Waals surface area contributed by atoms with Gasteiger partial charge in [-0.3, -0.25) is 0 Å². The van der Waals surface area contributed by atoms with Gasteiger partial charge in [-0.1, -0.05) is 143 Å². The fourth-order valence-electron chi connectivity index (χ4n) is 5.65. The predicted molar refractivity (Wildman–Crippen MR) is 160 cm³/mol. The Labute approximate surface area is 246 Å². The van der Waals surface area contributed by atoms with Gasteiger partial charge in [0.25, 0.3) is 0 Å². The van der Waals surface area contributed by atoms with Crippen molar-refractivity contribution in [3.63, 3.8) is 0 Å². The van der Waals surface area contributed by atoms with Gasteiger partial charge in [0.05, 0.1) is 0 Å². The molecule has 200 valence electrons. The number of rotatable bonds is 7. The minimum Gasteiger partial charge on any atom is -0.438 e. The van der Waals surface area contributed by atoms with E-state index in [1.165, 1.54) is 0 Å². The Morgan fingerprint density at radius 3 is 1.68 bits per heavy atom. The first-order chi connectivity index (χ1) is 20.3. The summed E-state index contributed by atoms with van der Waals surface area (Å²) in [5.74, 6) is 0.224. The van der Waals surface area contributed by atoms with E-state index in [2.05, 4.69) is 62.6 Å². The molecule has 6 aromatic rings. The van der Waals surface area contributed by atoms with Gasteiger partial charge < -0.3 is 9.47 Å². The van der Waals surface area contributed by atoms with Gasteiger partial charge in [0.1, 0.15) is 5.54 Å². The van der Waals surface area contributed by atoms with Crippen molar-refractivity contribution >= 4 is 15.9 Å². The summed E-state index contributed by atoms with van der Waals surface area (Å²) in [6, 6.07) is 46.7. The van der Waals surface area contributed by atoms with E-state index in [1.807, 2.05) is 108 Å². The van der Waals surface area contributed by atoms with Crippen molar-refractivity contribution < 1.29 is 9.47 Å². The molecule has 1 aliphatic heterocycles. The van der Waals surface area contributed by atoms with Gasteiger partial charge in [-0.05, 0) is 44.8 Å². The van der Waals surface area contributed by atoms with Crippen LogP contribution in [0.1, 0.15) is 33.6 Å². The van der Waals surface area contributed by atoms with Crippen molar-refractivity contribution in [2.24, 2.45) is 0 Å². The van der Waals surface area contributed by atoms with Crippen molar-refractivity contribution in [3.05, 3.63) is 173 Å². The van der Waals surface area contributed by atoms with E-state index in [0.29, 0.717) is 22.7 Å². The number of tetrazole rings is 1. The molecule has 0 saturated carbocycles. The molecule has 1 aromatic heterocycles. The number of aromatic nitrogens is 4. The van der Waals surface area contributed by atoms with Crippen molar-refractivity contribution in [2.75, 3.05) is 0 Å². The lowest BCUT2D eigenvalue weighted by molar-refractivity contribution is -0.0588. The molecular formula is C34H25BrN4O2. The number of nitrogens with zero attached hydrogens (tertiary/aromatic N) is 4.